The van der Waals surface area contributed by atoms with Crippen LogP contribution in [0, 0.1) is 5.82 Å². The lowest BCUT2D eigenvalue weighted by atomic mass is 10.1. The summed E-state index contributed by atoms with van der Waals surface area (Å²) in [6, 6.07) is 8.97. The second kappa shape index (κ2) is 10.8. The summed E-state index contributed by atoms with van der Waals surface area (Å²) < 4.78 is 46.7. The number of benzene rings is 2. The molecule has 0 aliphatic carbocycles. The van der Waals surface area contributed by atoms with E-state index in [9.17, 15) is 17.6 Å². The molecule has 0 radical (unpaired) electrons. The van der Waals surface area contributed by atoms with Gasteiger partial charge in [-0.15, -0.1) is 0 Å². The van der Waals surface area contributed by atoms with Gasteiger partial charge in [-0.1, -0.05) is 31.5 Å². The van der Waals surface area contributed by atoms with Crippen molar-refractivity contribution in [3.8, 4) is 5.75 Å². The van der Waals surface area contributed by atoms with Crippen LogP contribution in [0.3, 0.4) is 0 Å². The van der Waals surface area contributed by atoms with Gasteiger partial charge >= 0.3 is 0 Å². The number of hydrogen-bond acceptors (Lipinski definition) is 5. The summed E-state index contributed by atoms with van der Waals surface area (Å²) in [4.78, 5) is 17.0. The Hall–Kier alpha value is -2.20. The predicted molar refractivity (Wildman–Crippen MR) is 126 cm³/mol. The minimum Gasteiger partial charge on any atom is -0.496 e. The Morgan fingerprint density at radius 3 is 2.36 bits per heavy atom. The van der Waals surface area contributed by atoms with Crippen molar-refractivity contribution in [2.45, 2.75) is 25.3 Å². The molecule has 2 aromatic carbocycles. The maximum absolute atomic E-state index is 14.1. The summed E-state index contributed by atoms with van der Waals surface area (Å²) in [6.45, 7) is 6.47. The molecule has 0 saturated carbocycles. The first-order valence-electron chi connectivity index (χ1n) is 10.9. The van der Waals surface area contributed by atoms with Crippen LogP contribution in [-0.2, 0) is 16.6 Å². The molecule has 3 rings (SSSR count). The molecule has 0 unspecified atom stereocenters. The first kappa shape index (κ1) is 25.4. The summed E-state index contributed by atoms with van der Waals surface area (Å²) >= 11 is 6.14. The van der Waals surface area contributed by atoms with Crippen molar-refractivity contribution in [1.29, 1.82) is 0 Å². The predicted octanol–water partition coefficient (Wildman–Crippen LogP) is 3.48. The minimum absolute atomic E-state index is 0.0585. The number of sulfonamides is 1. The van der Waals surface area contributed by atoms with Gasteiger partial charge in [-0.25, -0.2) is 12.8 Å². The second-order valence-electron chi connectivity index (χ2n) is 7.72. The number of carbonyl (C=O) groups is 1. The summed E-state index contributed by atoms with van der Waals surface area (Å²) in [5.74, 6) is -0.331. The number of piperazine rings is 1. The third-order valence-corrected chi connectivity index (χ3v) is 8.25. The molecule has 0 atom stereocenters. The number of halogens is 2. The van der Waals surface area contributed by atoms with Gasteiger partial charge in [0.05, 0.1) is 17.6 Å². The zero-order valence-corrected chi connectivity index (χ0v) is 20.6. The molecule has 2 aromatic rings. The Morgan fingerprint density at radius 2 is 1.79 bits per heavy atom. The summed E-state index contributed by atoms with van der Waals surface area (Å²) in [6.07, 6.45) is 0. The minimum atomic E-state index is -3.71. The van der Waals surface area contributed by atoms with Crippen LogP contribution in [0.15, 0.2) is 41.3 Å². The van der Waals surface area contributed by atoms with Crippen molar-refractivity contribution in [3.63, 3.8) is 0 Å². The fourth-order valence-corrected chi connectivity index (χ4v) is 5.62. The lowest BCUT2D eigenvalue weighted by molar-refractivity contribution is 0.0623. The molecular weight excluding hydrogens is 469 g/mol. The average molecular weight is 498 g/mol. The number of nitrogens with zero attached hydrogens (tertiary/aromatic N) is 3. The maximum Gasteiger partial charge on any atom is 0.257 e. The summed E-state index contributed by atoms with van der Waals surface area (Å²) in [7, 11) is -2.27. The van der Waals surface area contributed by atoms with Gasteiger partial charge in [-0.3, -0.25) is 9.69 Å². The number of amides is 1. The van der Waals surface area contributed by atoms with E-state index in [1.807, 2.05) is 4.90 Å². The van der Waals surface area contributed by atoms with Crippen LogP contribution in [0.5, 0.6) is 5.75 Å². The molecule has 1 aliphatic heterocycles. The first-order chi connectivity index (χ1) is 15.7. The van der Waals surface area contributed by atoms with Crippen LogP contribution in [0.1, 0.15) is 29.8 Å². The largest absolute Gasteiger partial charge is 0.496 e. The number of methoxy groups -OCH3 is 1. The number of carbonyl (C=O) groups excluding carboxylic acids is 1. The van der Waals surface area contributed by atoms with E-state index < -0.39 is 10.0 Å². The Labute approximate surface area is 199 Å². The van der Waals surface area contributed by atoms with Crippen molar-refractivity contribution in [2.24, 2.45) is 0 Å². The van der Waals surface area contributed by atoms with Crippen LogP contribution in [-0.4, -0.2) is 74.8 Å². The van der Waals surface area contributed by atoms with Crippen molar-refractivity contribution in [3.05, 3.63) is 58.4 Å². The molecule has 0 aromatic heterocycles. The molecule has 1 heterocycles. The van der Waals surface area contributed by atoms with E-state index in [1.165, 1.54) is 35.7 Å². The second-order valence-corrected chi connectivity index (χ2v) is 10.1. The van der Waals surface area contributed by atoms with Crippen LogP contribution >= 0.6 is 11.6 Å². The normalized spacial score (nSPS) is 15.2. The highest BCUT2D eigenvalue weighted by molar-refractivity contribution is 7.89. The molecule has 0 N–H and O–H groups in total. The van der Waals surface area contributed by atoms with Crippen LogP contribution in [0.25, 0.3) is 0 Å². The van der Waals surface area contributed by atoms with Crippen molar-refractivity contribution in [1.82, 2.24) is 14.1 Å². The van der Waals surface area contributed by atoms with Crippen LogP contribution < -0.4 is 4.74 Å². The van der Waals surface area contributed by atoms with Crippen LogP contribution in [0.2, 0.25) is 5.02 Å². The molecule has 0 bridgehead atoms. The molecular formula is C23H29ClFN3O4S. The van der Waals surface area contributed by atoms with Crippen molar-refractivity contribution < 1.29 is 22.3 Å². The third kappa shape index (κ3) is 5.48. The number of hydrogen-bond donors (Lipinski definition) is 0. The Bertz CT molecular complexity index is 1080. The Kier molecular flexibility index (Phi) is 8.33. The Morgan fingerprint density at radius 1 is 1.12 bits per heavy atom. The average Bonchev–Trinajstić information content (AvgIpc) is 2.81. The molecule has 10 heteroatoms. The van der Waals surface area contributed by atoms with Gasteiger partial charge in [0, 0.05) is 56.4 Å². The molecule has 180 valence electrons. The quantitative estimate of drug-likeness (QED) is 0.558. The van der Waals surface area contributed by atoms with Gasteiger partial charge in [0.2, 0.25) is 10.0 Å². The smallest absolute Gasteiger partial charge is 0.257 e. The van der Waals surface area contributed by atoms with Gasteiger partial charge in [0.1, 0.15) is 11.6 Å². The standard InChI is InChI=1S/C23H29ClFN3O4S/c1-4-28(5-2)33(30,31)17-9-10-22(32-3)18(15-17)23(29)27-13-11-26(12-14-27)16-19-20(24)7-6-8-21(19)25/h6-10,15H,4-5,11-14,16H2,1-3H3. The maximum atomic E-state index is 14.1. The van der Waals surface area contributed by atoms with Crippen molar-refractivity contribution >= 4 is 27.5 Å². The van der Waals surface area contributed by atoms with Crippen LogP contribution in [0.4, 0.5) is 4.39 Å². The first-order valence-corrected chi connectivity index (χ1v) is 12.7. The zero-order valence-electron chi connectivity index (χ0n) is 19.1. The lowest BCUT2D eigenvalue weighted by Gasteiger charge is -2.35. The van der Waals surface area contributed by atoms with Gasteiger partial charge in [-0.05, 0) is 30.3 Å². The van der Waals surface area contributed by atoms with Gasteiger partial charge < -0.3 is 9.64 Å². The molecule has 1 aliphatic rings. The van der Waals surface area contributed by atoms with Gasteiger partial charge in [0.15, 0.2) is 0 Å². The number of rotatable bonds is 8. The number of ether oxygens (including phenoxy) is 1. The summed E-state index contributed by atoms with van der Waals surface area (Å²) in [5, 5.41) is 0.379. The lowest BCUT2D eigenvalue weighted by Crippen LogP contribution is -2.48. The third-order valence-electron chi connectivity index (χ3n) is 5.85. The van der Waals surface area contributed by atoms with E-state index in [0.29, 0.717) is 62.1 Å². The zero-order chi connectivity index (χ0) is 24.2. The molecule has 7 nitrogen and oxygen atoms in total. The molecule has 0 spiro atoms. The van der Waals surface area contributed by atoms with E-state index in [2.05, 4.69) is 0 Å². The highest BCUT2D eigenvalue weighted by Crippen LogP contribution is 2.27. The highest BCUT2D eigenvalue weighted by atomic mass is 35.5. The molecule has 1 amide bonds. The Balaban J connectivity index is 1.76. The molecule has 1 saturated heterocycles. The van der Waals surface area contributed by atoms with Crippen molar-refractivity contribution in [2.75, 3.05) is 46.4 Å². The monoisotopic (exact) mass is 497 g/mol. The van der Waals surface area contributed by atoms with E-state index in [4.69, 9.17) is 16.3 Å². The van der Waals surface area contributed by atoms with E-state index in [-0.39, 0.29) is 22.2 Å². The SMILES string of the molecule is CCN(CC)S(=O)(=O)c1ccc(OC)c(C(=O)N2CCN(Cc3c(F)cccc3Cl)CC2)c1. The molecule has 1 fully saturated rings. The van der Waals surface area contributed by atoms with Gasteiger partial charge in [0.25, 0.3) is 5.91 Å². The fourth-order valence-electron chi connectivity index (χ4n) is 3.91. The molecule has 33 heavy (non-hydrogen) atoms. The fraction of sp³-hybridized carbons (Fsp3) is 0.435. The highest BCUT2D eigenvalue weighted by Gasteiger charge is 2.28. The van der Waals surface area contributed by atoms with E-state index in [1.54, 1.807) is 30.9 Å². The topological polar surface area (TPSA) is 70.2 Å². The van der Waals surface area contributed by atoms with Gasteiger partial charge in [-0.2, -0.15) is 4.31 Å². The summed E-state index contributed by atoms with van der Waals surface area (Å²) in [5.41, 5.74) is 0.645. The van der Waals surface area contributed by atoms with E-state index in [0.717, 1.165) is 0 Å². The van der Waals surface area contributed by atoms with E-state index >= 15 is 0 Å².